The van der Waals surface area contributed by atoms with Crippen molar-refractivity contribution in [3.8, 4) is 11.1 Å². The lowest BCUT2D eigenvalue weighted by atomic mass is 9.57. The zero-order chi connectivity index (χ0) is 26.9. The number of esters is 1. The van der Waals surface area contributed by atoms with Crippen LogP contribution in [0.3, 0.4) is 0 Å². The first-order valence-corrected chi connectivity index (χ1v) is 13.2. The van der Waals surface area contributed by atoms with Gasteiger partial charge in [-0.15, -0.1) is 0 Å². The third-order valence-electron chi connectivity index (χ3n) is 8.18. The molecule has 5 rings (SSSR count). The topological polar surface area (TPSA) is 81.2 Å². The molecule has 6 atom stereocenters. The number of hydrogen-bond donors (Lipinski definition) is 1. The third kappa shape index (κ3) is 4.73. The first kappa shape index (κ1) is 25.8. The average molecular weight is 514 g/mol. The number of nitrogens with one attached hydrogen (secondary N) is 1. The van der Waals surface area contributed by atoms with Crippen LogP contribution in [0.2, 0.25) is 0 Å². The molecule has 1 aliphatic heterocycles. The lowest BCUT2D eigenvalue weighted by Crippen LogP contribution is -2.63. The van der Waals surface area contributed by atoms with E-state index in [4.69, 9.17) is 4.74 Å². The SMILES string of the molecule is CCC1C(C)C[C@@]2(NC(=O)c3cccnc3)C(=O)O[C@H](C)[C@H]2C1/C=C/c1ccc(-c2cccc(F)c2)cn1. The molecular weight excluding hydrogens is 481 g/mol. The summed E-state index contributed by atoms with van der Waals surface area (Å²) in [5.74, 6) is -0.726. The van der Waals surface area contributed by atoms with E-state index in [1.54, 1.807) is 30.6 Å². The van der Waals surface area contributed by atoms with E-state index in [1.807, 2.05) is 31.2 Å². The molecule has 3 heterocycles. The molecule has 1 aliphatic carbocycles. The van der Waals surface area contributed by atoms with E-state index in [0.29, 0.717) is 17.9 Å². The number of carbonyl (C=O) groups is 2. The second kappa shape index (κ2) is 10.5. The molecule has 2 aliphatic rings. The van der Waals surface area contributed by atoms with E-state index < -0.39 is 5.54 Å². The maximum atomic E-state index is 13.6. The van der Waals surface area contributed by atoms with Crippen molar-refractivity contribution in [2.45, 2.75) is 45.3 Å². The van der Waals surface area contributed by atoms with Gasteiger partial charge in [0.1, 0.15) is 17.5 Å². The number of amides is 1. The van der Waals surface area contributed by atoms with E-state index >= 15 is 0 Å². The molecule has 1 aromatic carbocycles. The average Bonchev–Trinajstić information content (AvgIpc) is 3.16. The van der Waals surface area contributed by atoms with Crippen molar-refractivity contribution < 1.29 is 18.7 Å². The zero-order valence-electron chi connectivity index (χ0n) is 21.8. The number of hydrogen-bond acceptors (Lipinski definition) is 5. The smallest absolute Gasteiger partial charge is 0.332 e. The van der Waals surface area contributed by atoms with Crippen molar-refractivity contribution >= 4 is 18.0 Å². The Morgan fingerprint density at radius 2 is 2.00 bits per heavy atom. The number of fused-ring (bicyclic) bond motifs is 1. The molecule has 0 bridgehead atoms. The number of cyclic esters (lactones) is 1. The van der Waals surface area contributed by atoms with Crippen LogP contribution < -0.4 is 5.32 Å². The van der Waals surface area contributed by atoms with Crippen molar-refractivity contribution in [3.63, 3.8) is 0 Å². The first-order valence-electron chi connectivity index (χ1n) is 13.2. The van der Waals surface area contributed by atoms with Crippen molar-refractivity contribution in [1.82, 2.24) is 15.3 Å². The standard InChI is InChI=1S/C31H32FN3O3/c1-4-26-19(2)16-31(35-29(36)23-8-6-14-33-17-23)28(20(3)38-30(31)37)27(26)13-12-25-11-10-22(18-34-25)21-7-5-9-24(32)15-21/h5-15,17-20,26-28H,4,16H2,1-3H3,(H,35,36)/b13-12+/t19?,20-,26?,27?,28+,31+/m1/s1. The van der Waals surface area contributed by atoms with E-state index in [2.05, 4.69) is 35.2 Å². The van der Waals surface area contributed by atoms with E-state index in [9.17, 15) is 14.0 Å². The summed E-state index contributed by atoms with van der Waals surface area (Å²) in [6.45, 7) is 6.22. The van der Waals surface area contributed by atoms with Crippen molar-refractivity contribution in [2.75, 3.05) is 0 Å². The summed E-state index contributed by atoms with van der Waals surface area (Å²) in [5, 5.41) is 3.09. The van der Waals surface area contributed by atoms with Gasteiger partial charge in [-0.2, -0.15) is 0 Å². The van der Waals surface area contributed by atoms with Gasteiger partial charge in [0, 0.05) is 30.1 Å². The number of halogens is 1. The van der Waals surface area contributed by atoms with Crippen LogP contribution in [0.1, 0.15) is 49.7 Å². The van der Waals surface area contributed by atoms with E-state index in [1.165, 1.54) is 18.3 Å². The maximum Gasteiger partial charge on any atom is 0.332 e. The van der Waals surface area contributed by atoms with Crippen LogP contribution in [0, 0.1) is 29.5 Å². The van der Waals surface area contributed by atoms with Crippen LogP contribution >= 0.6 is 0 Å². The number of benzene rings is 1. The number of rotatable bonds is 6. The molecule has 3 aromatic rings. The molecule has 6 nitrogen and oxygen atoms in total. The second-order valence-electron chi connectivity index (χ2n) is 10.5. The second-order valence-corrected chi connectivity index (χ2v) is 10.5. The Labute approximate surface area is 222 Å². The van der Waals surface area contributed by atoms with Gasteiger partial charge in [0.2, 0.25) is 0 Å². The molecule has 0 radical (unpaired) electrons. The van der Waals surface area contributed by atoms with E-state index in [-0.39, 0.29) is 41.6 Å². The monoisotopic (exact) mass is 513 g/mol. The molecule has 196 valence electrons. The summed E-state index contributed by atoms with van der Waals surface area (Å²) in [7, 11) is 0. The lowest BCUT2D eigenvalue weighted by Gasteiger charge is -2.48. The minimum atomic E-state index is -1.11. The van der Waals surface area contributed by atoms with Crippen molar-refractivity contribution in [3.05, 3.63) is 90.3 Å². The first-order chi connectivity index (χ1) is 18.3. The van der Waals surface area contributed by atoms with Crippen LogP contribution in [-0.2, 0) is 9.53 Å². The van der Waals surface area contributed by atoms with E-state index in [0.717, 1.165) is 23.2 Å². The van der Waals surface area contributed by atoms with Crippen LogP contribution in [0.15, 0.2) is 73.2 Å². The van der Waals surface area contributed by atoms with Crippen LogP contribution in [-0.4, -0.2) is 33.5 Å². The highest BCUT2D eigenvalue weighted by molar-refractivity contribution is 5.98. The molecule has 38 heavy (non-hydrogen) atoms. The Morgan fingerprint density at radius 3 is 2.68 bits per heavy atom. The fraction of sp³-hybridized carbons (Fsp3) is 0.355. The number of allylic oxidation sites excluding steroid dienone is 1. The molecule has 3 unspecified atom stereocenters. The van der Waals surface area contributed by atoms with Gasteiger partial charge in [-0.05, 0) is 73.1 Å². The molecule has 1 saturated carbocycles. The summed E-state index contributed by atoms with van der Waals surface area (Å²) < 4.78 is 19.4. The molecule has 1 saturated heterocycles. The molecule has 0 spiro atoms. The Bertz CT molecular complexity index is 1340. The highest BCUT2D eigenvalue weighted by Crippen LogP contribution is 2.52. The van der Waals surface area contributed by atoms with Gasteiger partial charge >= 0.3 is 5.97 Å². The van der Waals surface area contributed by atoms with Gasteiger partial charge in [0.15, 0.2) is 0 Å². The van der Waals surface area contributed by atoms with Gasteiger partial charge in [0.25, 0.3) is 5.91 Å². The zero-order valence-corrected chi connectivity index (χ0v) is 21.8. The summed E-state index contributed by atoms with van der Waals surface area (Å²) in [6.07, 6.45) is 10.1. The molecule has 2 aromatic heterocycles. The highest BCUT2D eigenvalue weighted by atomic mass is 19.1. The highest BCUT2D eigenvalue weighted by Gasteiger charge is 2.63. The number of aromatic nitrogens is 2. The largest absolute Gasteiger partial charge is 0.460 e. The fourth-order valence-electron chi connectivity index (χ4n) is 6.50. The third-order valence-corrected chi connectivity index (χ3v) is 8.18. The molecule has 7 heteroatoms. The normalized spacial score (nSPS) is 28.6. The van der Waals surface area contributed by atoms with Gasteiger partial charge in [-0.1, -0.05) is 44.5 Å². The molecular formula is C31H32FN3O3. The molecule has 1 N–H and O–H groups in total. The Morgan fingerprint density at radius 1 is 1.16 bits per heavy atom. The van der Waals surface area contributed by atoms with Crippen molar-refractivity contribution in [1.29, 1.82) is 0 Å². The van der Waals surface area contributed by atoms with Crippen LogP contribution in [0.4, 0.5) is 4.39 Å². The van der Waals surface area contributed by atoms with Gasteiger partial charge in [-0.3, -0.25) is 14.8 Å². The number of nitrogens with zero attached hydrogens (tertiary/aromatic N) is 2. The lowest BCUT2D eigenvalue weighted by molar-refractivity contribution is -0.146. The summed E-state index contributed by atoms with van der Waals surface area (Å²) in [4.78, 5) is 35.2. The summed E-state index contributed by atoms with van der Waals surface area (Å²) >= 11 is 0. The number of ether oxygens (including phenoxy) is 1. The molecule has 2 fully saturated rings. The van der Waals surface area contributed by atoms with Gasteiger partial charge in [-0.25, -0.2) is 9.18 Å². The van der Waals surface area contributed by atoms with Crippen molar-refractivity contribution in [2.24, 2.45) is 23.7 Å². The number of pyridine rings is 2. The Kier molecular flexibility index (Phi) is 7.11. The molecule has 1 amide bonds. The predicted molar refractivity (Wildman–Crippen MR) is 143 cm³/mol. The number of carbonyl (C=O) groups excluding carboxylic acids is 2. The fourth-order valence-corrected chi connectivity index (χ4v) is 6.50. The quantitative estimate of drug-likeness (QED) is 0.427. The minimum Gasteiger partial charge on any atom is -0.460 e. The summed E-state index contributed by atoms with van der Waals surface area (Å²) in [5.41, 5.74) is 1.67. The maximum absolute atomic E-state index is 13.6. The minimum absolute atomic E-state index is 0.0101. The van der Waals surface area contributed by atoms with Gasteiger partial charge < -0.3 is 10.1 Å². The van der Waals surface area contributed by atoms with Crippen LogP contribution in [0.5, 0.6) is 0 Å². The Balaban J connectivity index is 1.45. The summed E-state index contributed by atoms with van der Waals surface area (Å²) in [6, 6.07) is 13.7. The Hall–Kier alpha value is -3.87. The van der Waals surface area contributed by atoms with Crippen LogP contribution in [0.25, 0.3) is 17.2 Å². The predicted octanol–water partition coefficient (Wildman–Crippen LogP) is 5.71. The van der Waals surface area contributed by atoms with Gasteiger partial charge in [0.05, 0.1) is 11.3 Å².